The van der Waals surface area contributed by atoms with Gasteiger partial charge in [-0.05, 0) is 30.5 Å². The van der Waals surface area contributed by atoms with Gasteiger partial charge in [0, 0.05) is 31.9 Å². The van der Waals surface area contributed by atoms with Crippen molar-refractivity contribution in [1.82, 2.24) is 0 Å². The topological polar surface area (TPSA) is 38.5 Å². The molecule has 0 bridgehead atoms. The molecule has 2 N–H and O–H groups in total. The smallest absolute Gasteiger partial charge is 0.0637 e. The molecule has 3 heteroatoms. The lowest BCUT2D eigenvalue weighted by molar-refractivity contribution is 0.202. The molecule has 1 aromatic rings. The van der Waals surface area contributed by atoms with Gasteiger partial charge in [-0.3, -0.25) is 0 Å². The first-order valence-electron chi connectivity index (χ1n) is 6.81. The molecule has 0 aliphatic heterocycles. The van der Waals surface area contributed by atoms with Crippen molar-refractivity contribution in [2.24, 2.45) is 5.73 Å². The van der Waals surface area contributed by atoms with Crippen molar-refractivity contribution in [3.8, 4) is 0 Å². The number of anilines is 1. The van der Waals surface area contributed by atoms with Gasteiger partial charge in [0.1, 0.15) is 0 Å². The Labute approximate surface area is 111 Å². The van der Waals surface area contributed by atoms with Crippen LogP contribution in [0.15, 0.2) is 24.3 Å². The molecule has 0 fully saturated rings. The zero-order chi connectivity index (χ0) is 13.4. The van der Waals surface area contributed by atoms with Crippen LogP contribution in [-0.2, 0) is 11.3 Å². The van der Waals surface area contributed by atoms with E-state index in [1.54, 1.807) is 7.11 Å². The fraction of sp³-hybridized carbons (Fsp3) is 0.600. The number of ether oxygens (including phenoxy) is 1. The molecule has 0 aliphatic carbocycles. The molecule has 1 aromatic carbocycles. The first-order chi connectivity index (χ1) is 8.76. The quantitative estimate of drug-likeness (QED) is 0.771. The summed E-state index contributed by atoms with van der Waals surface area (Å²) in [4.78, 5) is 2.43. The van der Waals surface area contributed by atoms with Crippen LogP contribution < -0.4 is 10.6 Å². The average Bonchev–Trinajstić information content (AvgIpc) is 2.43. The first kappa shape index (κ1) is 15.0. The molecule has 0 amide bonds. The lowest BCUT2D eigenvalue weighted by Crippen LogP contribution is -2.37. The minimum absolute atomic E-state index is 0.563. The number of rotatable bonds is 8. The number of benzene rings is 1. The van der Waals surface area contributed by atoms with Crippen LogP contribution in [0.5, 0.6) is 0 Å². The molecule has 0 spiro atoms. The molecular formula is C15H26N2O. The van der Waals surface area contributed by atoms with Crippen molar-refractivity contribution in [2.45, 2.75) is 39.3 Å². The summed E-state index contributed by atoms with van der Waals surface area (Å²) in [6.45, 7) is 6.75. The zero-order valence-corrected chi connectivity index (χ0v) is 11.9. The molecule has 0 aliphatic rings. The van der Waals surface area contributed by atoms with Gasteiger partial charge in [0.05, 0.1) is 6.61 Å². The minimum atomic E-state index is 0.563. The van der Waals surface area contributed by atoms with Gasteiger partial charge in [-0.25, -0.2) is 0 Å². The van der Waals surface area contributed by atoms with Gasteiger partial charge in [0.2, 0.25) is 0 Å². The second-order valence-electron chi connectivity index (χ2n) is 4.53. The standard InChI is InChI=1S/C15H26N2O/c1-4-14(5-2)17(9-10-18-3)15-8-6-7-13(11-15)12-16/h6-8,11,14H,4-5,9-10,12,16H2,1-3H3. The average molecular weight is 250 g/mol. The maximum atomic E-state index is 5.72. The minimum Gasteiger partial charge on any atom is -0.383 e. The van der Waals surface area contributed by atoms with Gasteiger partial charge in [0.25, 0.3) is 0 Å². The van der Waals surface area contributed by atoms with Crippen molar-refractivity contribution in [2.75, 3.05) is 25.2 Å². The summed E-state index contributed by atoms with van der Waals surface area (Å²) in [5.74, 6) is 0. The van der Waals surface area contributed by atoms with E-state index in [1.807, 2.05) is 0 Å². The van der Waals surface area contributed by atoms with Crippen LogP contribution in [0, 0.1) is 0 Å². The van der Waals surface area contributed by atoms with Gasteiger partial charge in [-0.2, -0.15) is 0 Å². The summed E-state index contributed by atoms with van der Waals surface area (Å²) < 4.78 is 5.22. The summed E-state index contributed by atoms with van der Waals surface area (Å²) in [6.07, 6.45) is 2.29. The summed E-state index contributed by atoms with van der Waals surface area (Å²) in [5, 5.41) is 0. The Morgan fingerprint density at radius 3 is 2.56 bits per heavy atom. The molecule has 0 unspecified atom stereocenters. The van der Waals surface area contributed by atoms with Crippen LogP contribution in [0.4, 0.5) is 5.69 Å². The third kappa shape index (κ3) is 4.00. The Hall–Kier alpha value is -1.06. The Balaban J connectivity index is 2.92. The number of hydrogen-bond acceptors (Lipinski definition) is 3. The van der Waals surface area contributed by atoms with Crippen LogP contribution in [0.25, 0.3) is 0 Å². The van der Waals surface area contributed by atoms with E-state index in [4.69, 9.17) is 10.5 Å². The predicted molar refractivity (Wildman–Crippen MR) is 77.9 cm³/mol. The van der Waals surface area contributed by atoms with Crippen molar-refractivity contribution in [3.63, 3.8) is 0 Å². The van der Waals surface area contributed by atoms with Crippen molar-refractivity contribution in [1.29, 1.82) is 0 Å². The highest BCUT2D eigenvalue weighted by atomic mass is 16.5. The van der Waals surface area contributed by atoms with Gasteiger partial charge < -0.3 is 15.4 Å². The number of nitrogens with two attached hydrogens (primary N) is 1. The fourth-order valence-corrected chi connectivity index (χ4v) is 2.30. The van der Waals surface area contributed by atoms with E-state index in [2.05, 4.69) is 43.0 Å². The third-order valence-corrected chi connectivity index (χ3v) is 3.40. The molecule has 0 heterocycles. The summed E-state index contributed by atoms with van der Waals surface area (Å²) in [6, 6.07) is 9.07. The largest absolute Gasteiger partial charge is 0.383 e. The predicted octanol–water partition coefficient (Wildman–Crippen LogP) is 2.79. The van der Waals surface area contributed by atoms with Crippen molar-refractivity contribution in [3.05, 3.63) is 29.8 Å². The molecule has 3 nitrogen and oxygen atoms in total. The third-order valence-electron chi connectivity index (χ3n) is 3.40. The van der Waals surface area contributed by atoms with E-state index in [1.165, 1.54) is 11.3 Å². The molecular weight excluding hydrogens is 224 g/mol. The maximum Gasteiger partial charge on any atom is 0.0637 e. The second-order valence-corrected chi connectivity index (χ2v) is 4.53. The Bertz CT molecular complexity index is 337. The molecule has 18 heavy (non-hydrogen) atoms. The van der Waals surface area contributed by atoms with E-state index in [-0.39, 0.29) is 0 Å². The lowest BCUT2D eigenvalue weighted by Gasteiger charge is -2.32. The Morgan fingerprint density at radius 2 is 2.00 bits per heavy atom. The molecule has 0 radical (unpaired) electrons. The lowest BCUT2D eigenvalue weighted by atomic mass is 10.1. The van der Waals surface area contributed by atoms with Crippen LogP contribution in [0.3, 0.4) is 0 Å². The van der Waals surface area contributed by atoms with Gasteiger partial charge in [-0.15, -0.1) is 0 Å². The molecule has 0 saturated carbocycles. The van der Waals surface area contributed by atoms with Crippen LogP contribution in [0.1, 0.15) is 32.3 Å². The van der Waals surface area contributed by atoms with E-state index in [0.717, 1.165) is 26.0 Å². The maximum absolute atomic E-state index is 5.72. The van der Waals surface area contributed by atoms with E-state index in [9.17, 15) is 0 Å². The Kier molecular flexibility index (Phi) is 6.76. The number of methoxy groups -OCH3 is 1. The zero-order valence-electron chi connectivity index (χ0n) is 11.9. The highest BCUT2D eigenvalue weighted by Gasteiger charge is 2.15. The Morgan fingerprint density at radius 1 is 1.28 bits per heavy atom. The van der Waals surface area contributed by atoms with E-state index < -0.39 is 0 Å². The fourth-order valence-electron chi connectivity index (χ4n) is 2.30. The molecule has 0 saturated heterocycles. The second kappa shape index (κ2) is 8.11. The van der Waals surface area contributed by atoms with Crippen molar-refractivity contribution >= 4 is 5.69 Å². The number of hydrogen-bond donors (Lipinski definition) is 1. The highest BCUT2D eigenvalue weighted by molar-refractivity contribution is 5.49. The van der Waals surface area contributed by atoms with Crippen molar-refractivity contribution < 1.29 is 4.74 Å². The highest BCUT2D eigenvalue weighted by Crippen LogP contribution is 2.21. The van der Waals surface area contributed by atoms with E-state index in [0.29, 0.717) is 12.6 Å². The summed E-state index contributed by atoms with van der Waals surface area (Å²) in [5.41, 5.74) is 8.15. The summed E-state index contributed by atoms with van der Waals surface area (Å²) in [7, 11) is 1.75. The van der Waals surface area contributed by atoms with Crippen LogP contribution >= 0.6 is 0 Å². The molecule has 0 atom stereocenters. The van der Waals surface area contributed by atoms with Crippen LogP contribution in [-0.4, -0.2) is 26.3 Å². The van der Waals surface area contributed by atoms with Gasteiger partial charge in [0.15, 0.2) is 0 Å². The van der Waals surface area contributed by atoms with E-state index >= 15 is 0 Å². The van der Waals surface area contributed by atoms with Gasteiger partial charge in [-0.1, -0.05) is 26.0 Å². The SMILES string of the molecule is CCC(CC)N(CCOC)c1cccc(CN)c1. The monoisotopic (exact) mass is 250 g/mol. The summed E-state index contributed by atoms with van der Waals surface area (Å²) >= 11 is 0. The molecule has 102 valence electrons. The first-order valence-corrected chi connectivity index (χ1v) is 6.81. The van der Waals surface area contributed by atoms with Gasteiger partial charge >= 0.3 is 0 Å². The number of nitrogens with zero attached hydrogens (tertiary/aromatic N) is 1. The normalized spacial score (nSPS) is 10.9. The van der Waals surface area contributed by atoms with Crippen LogP contribution in [0.2, 0.25) is 0 Å². The molecule has 0 aromatic heterocycles. The molecule has 1 rings (SSSR count).